The molecule has 0 saturated heterocycles. The summed E-state index contributed by atoms with van der Waals surface area (Å²) in [6.07, 6.45) is 2.68. The van der Waals surface area contributed by atoms with Crippen molar-refractivity contribution in [3.63, 3.8) is 0 Å². The first-order chi connectivity index (χ1) is 17.7. The molecule has 0 bridgehead atoms. The van der Waals surface area contributed by atoms with Crippen molar-refractivity contribution in [3.8, 4) is 23.0 Å². The van der Waals surface area contributed by atoms with Crippen molar-refractivity contribution in [2.24, 2.45) is 0 Å². The highest BCUT2D eigenvalue weighted by Crippen LogP contribution is 2.32. The van der Waals surface area contributed by atoms with Crippen molar-refractivity contribution in [2.75, 3.05) is 26.9 Å². The Kier molecular flexibility index (Phi) is 11.1. The van der Waals surface area contributed by atoms with Gasteiger partial charge >= 0.3 is 5.97 Å². The molecule has 0 amide bonds. The van der Waals surface area contributed by atoms with Gasteiger partial charge in [-0.1, -0.05) is 49.7 Å². The highest BCUT2D eigenvalue weighted by atomic mass is 16.6. The van der Waals surface area contributed by atoms with Crippen LogP contribution in [0.4, 0.5) is 0 Å². The molecule has 3 aromatic carbocycles. The largest absolute Gasteiger partial charge is 0.497 e. The topological polar surface area (TPSA) is 63.2 Å². The third-order valence-corrected chi connectivity index (χ3v) is 5.57. The normalized spacial score (nSPS) is 11.5. The van der Waals surface area contributed by atoms with Crippen LogP contribution in [0.25, 0.3) is 0 Å². The van der Waals surface area contributed by atoms with E-state index in [4.69, 9.17) is 23.7 Å². The third-order valence-electron chi connectivity index (χ3n) is 5.57. The summed E-state index contributed by atoms with van der Waals surface area (Å²) in [7, 11) is 1.63. The van der Waals surface area contributed by atoms with E-state index in [0.29, 0.717) is 37.1 Å². The van der Waals surface area contributed by atoms with Gasteiger partial charge in [0.15, 0.2) is 17.6 Å². The lowest BCUT2D eigenvalue weighted by Gasteiger charge is -2.20. The highest BCUT2D eigenvalue weighted by Gasteiger charge is 2.24. The Labute approximate surface area is 214 Å². The van der Waals surface area contributed by atoms with E-state index in [0.717, 1.165) is 42.6 Å². The number of carbonyl (C=O) groups is 1. The van der Waals surface area contributed by atoms with Gasteiger partial charge in [0.25, 0.3) is 0 Å². The fraction of sp³-hybridized carbons (Fsp3) is 0.367. The van der Waals surface area contributed by atoms with E-state index in [2.05, 4.69) is 6.92 Å². The van der Waals surface area contributed by atoms with E-state index in [1.54, 1.807) is 14.0 Å². The SMILES string of the molecule is CCCc1ccccc1C(OCCCCOc1ccccc1Oc1ccc(OC)cc1)C(=O)OCC. The average Bonchev–Trinajstić information content (AvgIpc) is 2.90. The lowest BCUT2D eigenvalue weighted by atomic mass is 9.99. The molecule has 3 aromatic rings. The van der Waals surface area contributed by atoms with Gasteiger partial charge in [0.05, 0.1) is 20.3 Å². The fourth-order valence-electron chi connectivity index (χ4n) is 3.80. The molecule has 0 aliphatic rings. The summed E-state index contributed by atoms with van der Waals surface area (Å²) in [6.45, 7) is 5.18. The Bertz CT molecular complexity index is 1060. The van der Waals surface area contributed by atoms with Crippen LogP contribution in [-0.2, 0) is 20.7 Å². The van der Waals surface area contributed by atoms with Gasteiger partial charge in [-0.3, -0.25) is 0 Å². The van der Waals surface area contributed by atoms with E-state index in [-0.39, 0.29) is 5.97 Å². The molecule has 0 spiro atoms. The zero-order chi connectivity index (χ0) is 25.6. The van der Waals surface area contributed by atoms with Crippen LogP contribution in [0, 0.1) is 0 Å². The van der Waals surface area contributed by atoms with Crippen molar-refractivity contribution >= 4 is 5.97 Å². The number of unbranched alkanes of at least 4 members (excludes halogenated alkanes) is 1. The van der Waals surface area contributed by atoms with E-state index in [1.165, 1.54) is 0 Å². The van der Waals surface area contributed by atoms with Crippen LogP contribution in [0.3, 0.4) is 0 Å². The number of rotatable bonds is 15. The molecule has 0 aromatic heterocycles. The van der Waals surface area contributed by atoms with Crippen LogP contribution in [0.15, 0.2) is 72.8 Å². The van der Waals surface area contributed by atoms with E-state index in [1.807, 2.05) is 72.8 Å². The van der Waals surface area contributed by atoms with Crippen LogP contribution < -0.4 is 14.2 Å². The van der Waals surface area contributed by atoms with Crippen molar-refractivity contribution in [1.29, 1.82) is 0 Å². The Morgan fingerprint density at radius 1 is 0.806 bits per heavy atom. The van der Waals surface area contributed by atoms with Gasteiger partial charge in [-0.25, -0.2) is 4.79 Å². The molecular weight excluding hydrogens is 456 g/mol. The van der Waals surface area contributed by atoms with Crippen LogP contribution in [0.2, 0.25) is 0 Å². The molecule has 3 rings (SSSR count). The second-order valence-electron chi connectivity index (χ2n) is 8.23. The third kappa shape index (κ3) is 8.02. The molecule has 0 N–H and O–H groups in total. The number of hydrogen-bond acceptors (Lipinski definition) is 6. The number of methoxy groups -OCH3 is 1. The lowest BCUT2D eigenvalue weighted by Crippen LogP contribution is -2.21. The number of esters is 1. The minimum absolute atomic E-state index is 0.320. The van der Waals surface area contributed by atoms with E-state index >= 15 is 0 Å². The molecule has 0 radical (unpaired) electrons. The summed E-state index contributed by atoms with van der Waals surface area (Å²) in [4.78, 5) is 12.6. The first kappa shape index (κ1) is 27.1. The summed E-state index contributed by atoms with van der Waals surface area (Å²) in [6, 6.07) is 22.9. The van der Waals surface area contributed by atoms with Gasteiger partial charge < -0.3 is 23.7 Å². The van der Waals surface area contributed by atoms with Gasteiger partial charge in [-0.05, 0) is 73.7 Å². The summed E-state index contributed by atoms with van der Waals surface area (Å²) < 4.78 is 28.5. The molecule has 6 heteroatoms. The van der Waals surface area contributed by atoms with Gasteiger partial charge in [0.1, 0.15) is 11.5 Å². The average molecular weight is 493 g/mol. The maximum Gasteiger partial charge on any atom is 0.339 e. The molecule has 1 unspecified atom stereocenters. The number of para-hydroxylation sites is 2. The molecule has 1 atom stereocenters. The summed E-state index contributed by atoms with van der Waals surface area (Å²) in [5.41, 5.74) is 2.01. The van der Waals surface area contributed by atoms with Crippen molar-refractivity contribution < 1.29 is 28.5 Å². The monoisotopic (exact) mass is 492 g/mol. The van der Waals surface area contributed by atoms with Crippen molar-refractivity contribution in [1.82, 2.24) is 0 Å². The van der Waals surface area contributed by atoms with Crippen LogP contribution in [0.5, 0.6) is 23.0 Å². The summed E-state index contributed by atoms with van der Waals surface area (Å²) in [5, 5.41) is 0. The van der Waals surface area contributed by atoms with E-state index in [9.17, 15) is 4.79 Å². The van der Waals surface area contributed by atoms with Crippen LogP contribution in [-0.4, -0.2) is 32.9 Å². The Morgan fingerprint density at radius 3 is 2.19 bits per heavy atom. The minimum atomic E-state index is -0.716. The number of aryl methyl sites for hydroxylation is 1. The first-order valence-electron chi connectivity index (χ1n) is 12.6. The molecule has 0 aliphatic carbocycles. The highest BCUT2D eigenvalue weighted by molar-refractivity contribution is 5.77. The molecule has 192 valence electrons. The molecule has 0 saturated carbocycles. The molecule has 0 heterocycles. The molecular formula is C30H36O6. The fourth-order valence-corrected chi connectivity index (χ4v) is 3.80. The number of ether oxygens (including phenoxy) is 5. The molecule has 36 heavy (non-hydrogen) atoms. The smallest absolute Gasteiger partial charge is 0.339 e. The predicted octanol–water partition coefficient (Wildman–Crippen LogP) is 6.92. The van der Waals surface area contributed by atoms with Gasteiger partial charge in [0.2, 0.25) is 0 Å². The zero-order valence-electron chi connectivity index (χ0n) is 21.4. The zero-order valence-corrected chi connectivity index (χ0v) is 21.4. The Hall–Kier alpha value is -3.51. The van der Waals surface area contributed by atoms with Gasteiger partial charge in [-0.15, -0.1) is 0 Å². The second-order valence-corrected chi connectivity index (χ2v) is 8.23. The van der Waals surface area contributed by atoms with Crippen LogP contribution in [0.1, 0.15) is 50.3 Å². The Morgan fingerprint density at radius 2 is 1.47 bits per heavy atom. The van der Waals surface area contributed by atoms with Gasteiger partial charge in [0, 0.05) is 6.61 Å². The Balaban J connectivity index is 1.51. The molecule has 0 fully saturated rings. The predicted molar refractivity (Wildman–Crippen MR) is 140 cm³/mol. The van der Waals surface area contributed by atoms with Crippen molar-refractivity contribution in [3.05, 3.63) is 83.9 Å². The van der Waals surface area contributed by atoms with E-state index < -0.39 is 6.10 Å². The summed E-state index contributed by atoms with van der Waals surface area (Å²) >= 11 is 0. The molecule has 0 aliphatic heterocycles. The summed E-state index contributed by atoms with van der Waals surface area (Å²) in [5.74, 6) is 2.45. The lowest BCUT2D eigenvalue weighted by molar-refractivity contribution is -0.157. The number of benzene rings is 3. The minimum Gasteiger partial charge on any atom is -0.497 e. The maximum absolute atomic E-state index is 12.6. The van der Waals surface area contributed by atoms with Gasteiger partial charge in [-0.2, -0.15) is 0 Å². The number of hydrogen-bond donors (Lipinski definition) is 0. The van der Waals surface area contributed by atoms with Crippen LogP contribution >= 0.6 is 0 Å². The quantitative estimate of drug-likeness (QED) is 0.169. The standard InChI is InChI=1S/C30H36O6/c1-4-12-23-13-6-7-14-26(23)29(30(31)33-5-2)35-22-11-10-21-34-27-15-8-9-16-28(27)36-25-19-17-24(32-3)18-20-25/h6-9,13-20,29H,4-5,10-12,21-22H2,1-3H3. The maximum atomic E-state index is 12.6. The first-order valence-corrected chi connectivity index (χ1v) is 12.6. The van der Waals surface area contributed by atoms with Crippen molar-refractivity contribution in [2.45, 2.75) is 45.6 Å². The molecule has 6 nitrogen and oxygen atoms in total. The number of carbonyl (C=O) groups excluding carboxylic acids is 1. The second kappa shape index (κ2) is 14.8.